The highest BCUT2D eigenvalue weighted by atomic mass is 32.2. The second kappa shape index (κ2) is 9.44. The summed E-state index contributed by atoms with van der Waals surface area (Å²) in [5.41, 5.74) is 4.43. The van der Waals surface area contributed by atoms with E-state index in [4.69, 9.17) is 4.98 Å². The van der Waals surface area contributed by atoms with E-state index in [-0.39, 0.29) is 0 Å². The lowest BCUT2D eigenvalue weighted by molar-refractivity contribution is 0.247. The van der Waals surface area contributed by atoms with Gasteiger partial charge >= 0.3 is 0 Å². The van der Waals surface area contributed by atoms with Crippen LogP contribution in [0.15, 0.2) is 67.0 Å². The molecule has 3 heterocycles. The third-order valence-corrected chi connectivity index (χ3v) is 7.94. The van der Waals surface area contributed by atoms with Gasteiger partial charge in [0.2, 0.25) is 16.0 Å². The van der Waals surface area contributed by atoms with Crippen LogP contribution in [0, 0.1) is 0 Å². The van der Waals surface area contributed by atoms with Crippen molar-refractivity contribution in [3.63, 3.8) is 0 Å². The first kappa shape index (κ1) is 24.1. The minimum absolute atomic E-state index is 0.481. The van der Waals surface area contributed by atoms with Gasteiger partial charge in [0.15, 0.2) is 0 Å². The van der Waals surface area contributed by atoms with Crippen LogP contribution in [-0.2, 0) is 16.6 Å². The topological polar surface area (TPSA) is 86.6 Å². The molecule has 1 saturated heterocycles. The van der Waals surface area contributed by atoms with E-state index in [1.54, 1.807) is 13.2 Å². The van der Waals surface area contributed by atoms with Crippen LogP contribution in [0.5, 0.6) is 0 Å². The molecule has 0 unspecified atom stereocenters. The highest BCUT2D eigenvalue weighted by molar-refractivity contribution is 7.92. The summed E-state index contributed by atoms with van der Waals surface area (Å²) in [5, 5.41) is 4.22. The molecule has 1 N–H and O–H groups in total. The number of hydrogen-bond donors (Lipinski definition) is 1. The zero-order chi connectivity index (χ0) is 25.4. The number of hydrogen-bond acceptors (Lipinski definition) is 7. The van der Waals surface area contributed by atoms with Gasteiger partial charge in [-0.3, -0.25) is 4.31 Å². The maximum atomic E-state index is 12.1. The molecule has 188 valence electrons. The van der Waals surface area contributed by atoms with E-state index in [2.05, 4.69) is 46.3 Å². The van der Waals surface area contributed by atoms with Gasteiger partial charge in [-0.05, 0) is 56.1 Å². The lowest BCUT2D eigenvalue weighted by Crippen LogP contribution is -2.57. The minimum atomic E-state index is -3.37. The van der Waals surface area contributed by atoms with Crippen molar-refractivity contribution >= 4 is 44.1 Å². The predicted octanol–water partition coefficient (Wildman–Crippen LogP) is 3.37. The lowest BCUT2D eigenvalue weighted by Gasteiger charge is -2.44. The van der Waals surface area contributed by atoms with Crippen molar-refractivity contribution in [2.45, 2.75) is 12.6 Å². The molecule has 0 atom stereocenters. The summed E-state index contributed by atoms with van der Waals surface area (Å²) >= 11 is 0. The Labute approximate surface area is 212 Å². The molecule has 5 rings (SSSR count). The monoisotopic (exact) mass is 505 g/mol. The maximum absolute atomic E-state index is 12.1. The molecule has 2 aromatic heterocycles. The molecule has 9 nitrogen and oxygen atoms in total. The Kier molecular flexibility index (Phi) is 6.31. The predicted molar refractivity (Wildman–Crippen MR) is 146 cm³/mol. The molecule has 0 spiro atoms. The van der Waals surface area contributed by atoms with Gasteiger partial charge in [0.05, 0.1) is 18.5 Å². The number of sulfonamides is 1. The van der Waals surface area contributed by atoms with Gasteiger partial charge in [-0.2, -0.15) is 4.98 Å². The number of fused-ring (bicyclic) bond motifs is 1. The van der Waals surface area contributed by atoms with Gasteiger partial charge in [0, 0.05) is 55.3 Å². The molecule has 10 heteroatoms. The summed E-state index contributed by atoms with van der Waals surface area (Å²) < 4.78 is 27.6. The second-order valence-corrected chi connectivity index (χ2v) is 11.5. The van der Waals surface area contributed by atoms with Crippen molar-refractivity contribution < 1.29 is 8.42 Å². The van der Waals surface area contributed by atoms with Crippen LogP contribution in [0.4, 0.5) is 23.0 Å². The Bertz CT molecular complexity index is 1480. The largest absolute Gasteiger partial charge is 0.368 e. The smallest absolute Gasteiger partial charge is 0.232 e. The highest BCUT2D eigenvalue weighted by Crippen LogP contribution is 2.27. The lowest BCUT2D eigenvalue weighted by atomic mass is 10.1. The zero-order valence-electron chi connectivity index (χ0n) is 21.0. The van der Waals surface area contributed by atoms with Crippen LogP contribution >= 0.6 is 0 Å². The number of likely N-dealkylation sites (N-methyl/N-ethyl adjacent to an activating group) is 1. The van der Waals surface area contributed by atoms with Gasteiger partial charge in [-0.25, -0.2) is 13.4 Å². The first-order valence-electron chi connectivity index (χ1n) is 11.8. The average Bonchev–Trinajstić information content (AvgIpc) is 3.20. The van der Waals surface area contributed by atoms with Crippen LogP contribution in [0.2, 0.25) is 0 Å². The molecule has 1 aliphatic rings. The normalized spacial score (nSPS) is 14.3. The fourth-order valence-corrected chi connectivity index (χ4v) is 4.89. The van der Waals surface area contributed by atoms with E-state index < -0.39 is 10.0 Å². The van der Waals surface area contributed by atoms with Gasteiger partial charge in [-0.15, -0.1) is 0 Å². The van der Waals surface area contributed by atoms with E-state index in [1.165, 1.54) is 16.2 Å². The minimum Gasteiger partial charge on any atom is -0.368 e. The van der Waals surface area contributed by atoms with Crippen molar-refractivity contribution in [1.29, 1.82) is 0 Å². The molecule has 1 aliphatic heterocycles. The molecule has 0 aliphatic carbocycles. The SMILES string of the molecule is CN(C)C1CN(c2ccc(Nc3ncc4ccn(Cc5ccccc5N(C)S(C)(=O)=O)c4n3)cc2)C1. The number of para-hydroxylation sites is 1. The number of aromatic nitrogens is 3. The molecule has 0 amide bonds. The fraction of sp³-hybridized carbons (Fsp3) is 0.308. The first-order chi connectivity index (χ1) is 17.2. The summed E-state index contributed by atoms with van der Waals surface area (Å²) in [6.07, 6.45) is 4.95. The number of nitrogens with zero attached hydrogens (tertiary/aromatic N) is 6. The molecule has 0 radical (unpaired) electrons. The molecular formula is C26H31N7O2S. The molecule has 36 heavy (non-hydrogen) atoms. The fourth-order valence-electron chi connectivity index (χ4n) is 4.35. The first-order valence-corrected chi connectivity index (χ1v) is 13.7. The molecule has 0 bridgehead atoms. The van der Waals surface area contributed by atoms with Crippen LogP contribution in [0.25, 0.3) is 11.0 Å². The summed E-state index contributed by atoms with van der Waals surface area (Å²) in [6, 6.07) is 18.4. The molecular weight excluding hydrogens is 474 g/mol. The van der Waals surface area contributed by atoms with Crippen molar-refractivity contribution in [2.75, 3.05) is 55.0 Å². The van der Waals surface area contributed by atoms with Gasteiger partial charge < -0.3 is 19.7 Å². The molecule has 0 saturated carbocycles. The van der Waals surface area contributed by atoms with E-state index in [0.717, 1.165) is 35.4 Å². The van der Waals surface area contributed by atoms with Crippen LogP contribution in [-0.4, -0.2) is 74.4 Å². The Morgan fingerprint density at radius 1 is 1.03 bits per heavy atom. The molecule has 2 aromatic carbocycles. The zero-order valence-corrected chi connectivity index (χ0v) is 21.8. The van der Waals surface area contributed by atoms with Crippen molar-refractivity contribution in [1.82, 2.24) is 19.4 Å². The highest BCUT2D eigenvalue weighted by Gasteiger charge is 2.28. The standard InChI is InChI=1S/C26H31N7O2S/c1-30(2)23-17-33(18-23)22-11-9-21(10-12-22)28-26-27-15-19-13-14-32(25(19)29-26)16-20-7-5-6-8-24(20)31(3)36(4,34)35/h5-15,23H,16-18H2,1-4H3,(H,27,28,29). The second-order valence-electron chi connectivity index (χ2n) is 9.47. The summed E-state index contributed by atoms with van der Waals surface area (Å²) in [7, 11) is 2.44. The number of anilines is 4. The van der Waals surface area contributed by atoms with Gasteiger partial charge in [-0.1, -0.05) is 18.2 Å². The maximum Gasteiger partial charge on any atom is 0.232 e. The third-order valence-electron chi connectivity index (χ3n) is 6.75. The van der Waals surface area contributed by atoms with Gasteiger partial charge in [0.1, 0.15) is 5.65 Å². The van der Waals surface area contributed by atoms with Gasteiger partial charge in [0.25, 0.3) is 0 Å². The summed E-state index contributed by atoms with van der Waals surface area (Å²) in [4.78, 5) is 13.9. The summed E-state index contributed by atoms with van der Waals surface area (Å²) in [5.74, 6) is 0.508. The third kappa shape index (κ3) is 4.87. The van der Waals surface area contributed by atoms with E-state index in [9.17, 15) is 8.42 Å². The molecule has 4 aromatic rings. The van der Waals surface area contributed by atoms with Crippen molar-refractivity contribution in [2.24, 2.45) is 0 Å². The quantitative estimate of drug-likeness (QED) is 0.393. The van der Waals surface area contributed by atoms with Crippen LogP contribution in [0.3, 0.4) is 0 Å². The van der Waals surface area contributed by atoms with Crippen LogP contribution in [0.1, 0.15) is 5.56 Å². The van der Waals surface area contributed by atoms with Crippen LogP contribution < -0.4 is 14.5 Å². The Hall–Kier alpha value is -3.63. The number of benzene rings is 2. The average molecular weight is 506 g/mol. The van der Waals surface area contributed by atoms with E-state index in [1.807, 2.05) is 53.2 Å². The number of nitrogens with one attached hydrogen (secondary N) is 1. The Morgan fingerprint density at radius 3 is 2.44 bits per heavy atom. The van der Waals surface area contributed by atoms with Crippen molar-refractivity contribution in [3.8, 4) is 0 Å². The van der Waals surface area contributed by atoms with E-state index in [0.29, 0.717) is 24.2 Å². The summed E-state index contributed by atoms with van der Waals surface area (Å²) in [6.45, 7) is 2.56. The number of rotatable bonds is 8. The molecule has 1 fully saturated rings. The van der Waals surface area contributed by atoms with Crippen molar-refractivity contribution in [3.05, 3.63) is 72.6 Å². The Balaban J connectivity index is 1.34. The Morgan fingerprint density at radius 2 is 1.75 bits per heavy atom. The van der Waals surface area contributed by atoms with E-state index >= 15 is 0 Å².